The lowest BCUT2D eigenvalue weighted by Crippen LogP contribution is -1.82. The van der Waals surface area contributed by atoms with Crippen LogP contribution in [0, 0.1) is 0 Å². The van der Waals surface area contributed by atoms with E-state index in [-0.39, 0.29) is 5.24 Å². The maximum absolute atomic E-state index is 10.2. The highest BCUT2D eigenvalue weighted by atomic mass is 35.5. The van der Waals surface area contributed by atoms with Crippen LogP contribution in [0.5, 0.6) is 0 Å². The zero-order valence-electron chi connectivity index (χ0n) is 5.78. The summed E-state index contributed by atoms with van der Waals surface area (Å²) in [5.41, 5.74) is 1.23. The summed E-state index contributed by atoms with van der Waals surface area (Å²) in [6.07, 6.45) is 3.22. The van der Waals surface area contributed by atoms with Gasteiger partial charge in [-0.05, 0) is 31.9 Å². The molecule has 9 heavy (non-hydrogen) atoms. The van der Waals surface area contributed by atoms with E-state index in [1.165, 1.54) is 5.57 Å². The van der Waals surface area contributed by atoms with Crippen LogP contribution in [0.15, 0.2) is 11.6 Å². The summed E-state index contributed by atoms with van der Waals surface area (Å²) < 4.78 is 0. The van der Waals surface area contributed by atoms with E-state index in [1.807, 2.05) is 19.9 Å². The molecule has 0 aliphatic heterocycles. The van der Waals surface area contributed by atoms with Crippen molar-refractivity contribution in [3.63, 3.8) is 0 Å². The average Bonchev–Trinajstić information content (AvgIpc) is 1.63. The lowest BCUT2D eigenvalue weighted by Gasteiger charge is -1.87. The lowest BCUT2D eigenvalue weighted by molar-refractivity contribution is -0.111. The normalized spacial score (nSPS) is 8.78. The summed E-state index contributed by atoms with van der Waals surface area (Å²) in [5.74, 6) is 0. The zero-order valence-corrected chi connectivity index (χ0v) is 6.53. The Labute approximate surface area is 60.7 Å². The Morgan fingerprint density at radius 1 is 1.56 bits per heavy atom. The van der Waals surface area contributed by atoms with Crippen LogP contribution >= 0.6 is 11.6 Å². The van der Waals surface area contributed by atoms with Gasteiger partial charge in [0.05, 0.1) is 0 Å². The Balaban J connectivity index is 3.31. The predicted octanol–water partition coefficient (Wildman–Crippen LogP) is 2.50. The molecule has 1 nitrogen and oxygen atoms in total. The molecular formula is C7H11ClO. The summed E-state index contributed by atoms with van der Waals surface area (Å²) >= 11 is 5.09. The molecular weight excluding hydrogens is 136 g/mol. The Morgan fingerprint density at radius 3 is 2.44 bits per heavy atom. The van der Waals surface area contributed by atoms with Crippen LogP contribution in [0.1, 0.15) is 26.7 Å². The molecule has 0 aromatic heterocycles. The number of hydrogen-bond acceptors (Lipinski definition) is 1. The largest absolute Gasteiger partial charge is 0.281 e. The molecule has 0 unspecified atom stereocenters. The minimum absolute atomic E-state index is 0.257. The average molecular weight is 147 g/mol. The van der Waals surface area contributed by atoms with Crippen molar-refractivity contribution < 1.29 is 4.79 Å². The molecule has 0 saturated carbocycles. The van der Waals surface area contributed by atoms with Gasteiger partial charge in [-0.2, -0.15) is 0 Å². The van der Waals surface area contributed by atoms with Crippen molar-refractivity contribution in [1.82, 2.24) is 0 Å². The van der Waals surface area contributed by atoms with Crippen LogP contribution in [0.2, 0.25) is 0 Å². The molecule has 0 aliphatic rings. The van der Waals surface area contributed by atoms with Crippen LogP contribution in [-0.2, 0) is 4.79 Å². The second kappa shape index (κ2) is 4.57. The lowest BCUT2D eigenvalue weighted by atomic mass is 10.2. The van der Waals surface area contributed by atoms with Crippen LogP contribution in [0.4, 0.5) is 0 Å². The number of hydrogen-bond donors (Lipinski definition) is 0. The maximum Gasteiger partial charge on any atom is 0.221 e. The first kappa shape index (κ1) is 8.70. The second-order valence-electron chi connectivity index (χ2n) is 2.18. The molecule has 0 saturated heterocycles. The van der Waals surface area contributed by atoms with E-state index in [1.54, 1.807) is 0 Å². The van der Waals surface area contributed by atoms with Gasteiger partial charge in [-0.3, -0.25) is 4.79 Å². The molecule has 52 valence electrons. The number of rotatable bonds is 3. The minimum Gasteiger partial charge on any atom is -0.281 e. The van der Waals surface area contributed by atoms with Gasteiger partial charge in [-0.25, -0.2) is 0 Å². The van der Waals surface area contributed by atoms with E-state index >= 15 is 0 Å². The SMILES string of the molecule is CC(C)=CCCC(=O)Cl. The highest BCUT2D eigenvalue weighted by Crippen LogP contribution is 1.99. The molecule has 0 heterocycles. The van der Waals surface area contributed by atoms with Crippen molar-refractivity contribution in [2.45, 2.75) is 26.7 Å². The molecule has 0 radical (unpaired) electrons. The molecule has 2 heteroatoms. The number of halogens is 1. The molecule has 0 N–H and O–H groups in total. The third-order valence-electron chi connectivity index (χ3n) is 0.893. The number of carbonyl (C=O) groups is 1. The first-order valence-corrected chi connectivity index (χ1v) is 3.32. The van der Waals surface area contributed by atoms with Crippen molar-refractivity contribution in [2.24, 2.45) is 0 Å². The van der Waals surface area contributed by atoms with Crippen LogP contribution in [-0.4, -0.2) is 5.24 Å². The first-order chi connectivity index (χ1) is 4.13. The Kier molecular flexibility index (Phi) is 4.41. The van der Waals surface area contributed by atoms with Gasteiger partial charge in [0, 0.05) is 6.42 Å². The Bertz CT molecular complexity index is 123. The third-order valence-corrected chi connectivity index (χ3v) is 1.08. The van der Waals surface area contributed by atoms with Gasteiger partial charge in [0.2, 0.25) is 5.24 Å². The number of allylic oxidation sites excluding steroid dienone is 2. The molecule has 0 aromatic carbocycles. The minimum atomic E-state index is -0.257. The smallest absolute Gasteiger partial charge is 0.221 e. The second-order valence-corrected chi connectivity index (χ2v) is 2.60. The third kappa shape index (κ3) is 7.70. The molecule has 0 fully saturated rings. The van der Waals surface area contributed by atoms with E-state index in [0.29, 0.717) is 6.42 Å². The fraction of sp³-hybridized carbons (Fsp3) is 0.571. The fourth-order valence-electron chi connectivity index (χ4n) is 0.474. The quantitative estimate of drug-likeness (QED) is 0.442. The van der Waals surface area contributed by atoms with Crippen molar-refractivity contribution in [2.75, 3.05) is 0 Å². The van der Waals surface area contributed by atoms with E-state index in [0.717, 1.165) is 6.42 Å². The monoisotopic (exact) mass is 146 g/mol. The highest BCUT2D eigenvalue weighted by molar-refractivity contribution is 6.63. The van der Waals surface area contributed by atoms with Gasteiger partial charge in [0.25, 0.3) is 0 Å². The van der Waals surface area contributed by atoms with Crippen molar-refractivity contribution in [3.8, 4) is 0 Å². The summed E-state index contributed by atoms with van der Waals surface area (Å²) in [6.45, 7) is 4.00. The van der Waals surface area contributed by atoms with Crippen molar-refractivity contribution >= 4 is 16.8 Å². The Morgan fingerprint density at radius 2 is 2.11 bits per heavy atom. The molecule has 0 spiro atoms. The van der Waals surface area contributed by atoms with Gasteiger partial charge in [0.1, 0.15) is 0 Å². The maximum atomic E-state index is 10.2. The van der Waals surface area contributed by atoms with Crippen molar-refractivity contribution in [1.29, 1.82) is 0 Å². The van der Waals surface area contributed by atoms with Crippen molar-refractivity contribution in [3.05, 3.63) is 11.6 Å². The molecule has 0 rings (SSSR count). The van der Waals surface area contributed by atoms with Gasteiger partial charge in [-0.15, -0.1) is 0 Å². The fourth-order valence-corrected chi connectivity index (χ4v) is 0.583. The van der Waals surface area contributed by atoms with Gasteiger partial charge >= 0.3 is 0 Å². The van der Waals surface area contributed by atoms with E-state index in [9.17, 15) is 4.79 Å². The molecule has 0 atom stereocenters. The summed E-state index contributed by atoms with van der Waals surface area (Å²) in [7, 11) is 0. The first-order valence-electron chi connectivity index (χ1n) is 2.94. The predicted molar refractivity (Wildman–Crippen MR) is 39.5 cm³/mol. The van der Waals surface area contributed by atoms with Crippen LogP contribution < -0.4 is 0 Å². The van der Waals surface area contributed by atoms with E-state index < -0.39 is 0 Å². The zero-order chi connectivity index (χ0) is 7.28. The van der Waals surface area contributed by atoms with E-state index in [2.05, 4.69) is 0 Å². The highest BCUT2D eigenvalue weighted by Gasteiger charge is 1.90. The topological polar surface area (TPSA) is 17.1 Å². The summed E-state index contributed by atoms with van der Waals surface area (Å²) in [4.78, 5) is 10.2. The summed E-state index contributed by atoms with van der Waals surface area (Å²) in [5, 5.41) is -0.257. The molecule has 0 aliphatic carbocycles. The van der Waals surface area contributed by atoms with Crippen LogP contribution in [0.25, 0.3) is 0 Å². The van der Waals surface area contributed by atoms with Gasteiger partial charge < -0.3 is 0 Å². The Hall–Kier alpha value is -0.300. The van der Waals surface area contributed by atoms with E-state index in [4.69, 9.17) is 11.6 Å². The molecule has 0 aromatic rings. The number of carbonyl (C=O) groups excluding carboxylic acids is 1. The van der Waals surface area contributed by atoms with Gasteiger partial charge in [0.15, 0.2) is 0 Å². The van der Waals surface area contributed by atoms with Gasteiger partial charge in [-0.1, -0.05) is 11.6 Å². The standard InChI is InChI=1S/C7H11ClO/c1-6(2)4-3-5-7(8)9/h4H,3,5H2,1-2H3. The molecule has 0 amide bonds. The summed E-state index contributed by atoms with van der Waals surface area (Å²) in [6, 6.07) is 0. The molecule has 0 bridgehead atoms. The van der Waals surface area contributed by atoms with Crippen LogP contribution in [0.3, 0.4) is 0 Å².